The Balaban J connectivity index is 2.49. The Hall–Kier alpha value is 0.110. The van der Waals surface area contributed by atoms with Crippen LogP contribution in [0, 0.1) is 5.92 Å². The highest BCUT2D eigenvalue weighted by Crippen LogP contribution is 2.32. The molecule has 1 saturated carbocycles. The van der Waals surface area contributed by atoms with E-state index >= 15 is 0 Å². The summed E-state index contributed by atoms with van der Waals surface area (Å²) in [6.07, 6.45) is 5.01. The van der Waals surface area contributed by atoms with Gasteiger partial charge >= 0.3 is 0 Å². The number of hydrogen-bond acceptors (Lipinski definition) is 2. The van der Waals surface area contributed by atoms with Crippen LogP contribution in [0.5, 0.6) is 0 Å². The van der Waals surface area contributed by atoms with Gasteiger partial charge in [-0.3, -0.25) is 4.79 Å². The van der Waals surface area contributed by atoms with Crippen LogP contribution in [0.15, 0.2) is 0 Å². The van der Waals surface area contributed by atoms with E-state index in [0.29, 0.717) is 5.78 Å². The molecule has 0 aromatic rings. The summed E-state index contributed by atoms with van der Waals surface area (Å²) in [5.41, 5.74) is -0.197. The summed E-state index contributed by atoms with van der Waals surface area (Å²) >= 11 is 3.65. The molecule has 0 radical (unpaired) electrons. The van der Waals surface area contributed by atoms with Gasteiger partial charge in [0.2, 0.25) is 0 Å². The molecule has 0 aromatic carbocycles. The Labute approximate surface area is 101 Å². The molecule has 3 heteroatoms. The van der Waals surface area contributed by atoms with Crippen molar-refractivity contribution in [2.24, 2.45) is 5.92 Å². The Bertz CT molecular complexity index is 226. The van der Waals surface area contributed by atoms with Gasteiger partial charge in [0.25, 0.3) is 0 Å². The Morgan fingerprint density at radius 1 is 1.53 bits per heavy atom. The number of alkyl halides is 1. The number of hydrogen-bond donors (Lipinski definition) is 0. The molecule has 0 saturated heterocycles. The fraction of sp³-hybridized carbons (Fsp3) is 0.917. The summed E-state index contributed by atoms with van der Waals surface area (Å²) in [7, 11) is 1.72. The third-order valence-corrected chi connectivity index (χ3v) is 4.93. The van der Waals surface area contributed by atoms with Crippen LogP contribution >= 0.6 is 15.9 Å². The van der Waals surface area contributed by atoms with Gasteiger partial charge in [-0.15, -0.1) is 0 Å². The SMILES string of the molecule is COC(C)(C)C(Br)CC1CCCCC1=O. The smallest absolute Gasteiger partial charge is 0.136 e. The summed E-state index contributed by atoms with van der Waals surface area (Å²) in [5, 5.41) is 0. The predicted octanol–water partition coefficient (Wildman–Crippen LogP) is 3.32. The van der Waals surface area contributed by atoms with Gasteiger partial charge in [-0.2, -0.15) is 0 Å². The van der Waals surface area contributed by atoms with E-state index in [1.807, 2.05) is 0 Å². The van der Waals surface area contributed by atoms with Gasteiger partial charge in [0.15, 0.2) is 0 Å². The average Bonchev–Trinajstić information content (AvgIpc) is 2.21. The van der Waals surface area contributed by atoms with Crippen molar-refractivity contribution >= 4 is 21.7 Å². The molecule has 2 unspecified atom stereocenters. The van der Waals surface area contributed by atoms with Crippen LogP contribution in [-0.4, -0.2) is 23.3 Å². The minimum atomic E-state index is -0.197. The maximum absolute atomic E-state index is 11.7. The lowest BCUT2D eigenvalue weighted by Crippen LogP contribution is -2.37. The van der Waals surface area contributed by atoms with Crippen LogP contribution < -0.4 is 0 Å². The fourth-order valence-corrected chi connectivity index (χ4v) is 2.60. The first-order valence-corrected chi connectivity index (χ1v) is 6.61. The number of rotatable bonds is 4. The van der Waals surface area contributed by atoms with Crippen LogP contribution in [0.2, 0.25) is 0 Å². The van der Waals surface area contributed by atoms with E-state index in [4.69, 9.17) is 4.74 Å². The molecular formula is C12H21BrO2. The molecule has 0 aliphatic heterocycles. The molecule has 0 amide bonds. The van der Waals surface area contributed by atoms with Crippen molar-refractivity contribution in [1.82, 2.24) is 0 Å². The largest absolute Gasteiger partial charge is 0.378 e. The summed E-state index contributed by atoms with van der Waals surface area (Å²) in [6, 6.07) is 0. The Kier molecular flexibility index (Phi) is 4.78. The van der Waals surface area contributed by atoms with Gasteiger partial charge in [-0.1, -0.05) is 22.4 Å². The van der Waals surface area contributed by atoms with E-state index in [9.17, 15) is 4.79 Å². The third-order valence-electron chi connectivity index (χ3n) is 3.45. The second-order valence-corrected chi connectivity index (χ2v) is 6.03. The maximum Gasteiger partial charge on any atom is 0.136 e. The average molecular weight is 277 g/mol. The molecule has 0 spiro atoms. The maximum atomic E-state index is 11.7. The molecule has 1 aliphatic rings. The summed E-state index contributed by atoms with van der Waals surface area (Å²) in [4.78, 5) is 11.9. The number of methoxy groups -OCH3 is 1. The fourth-order valence-electron chi connectivity index (χ4n) is 1.97. The standard InChI is InChI=1S/C12H21BrO2/c1-12(2,15-3)11(13)8-9-6-4-5-7-10(9)14/h9,11H,4-8H2,1-3H3. The van der Waals surface area contributed by atoms with Crippen molar-refractivity contribution in [1.29, 1.82) is 0 Å². The van der Waals surface area contributed by atoms with Gasteiger partial charge < -0.3 is 4.74 Å². The quantitative estimate of drug-likeness (QED) is 0.737. The molecule has 1 fully saturated rings. The van der Waals surface area contributed by atoms with E-state index in [2.05, 4.69) is 29.8 Å². The van der Waals surface area contributed by atoms with Crippen LogP contribution in [0.3, 0.4) is 0 Å². The van der Waals surface area contributed by atoms with E-state index in [1.54, 1.807) is 7.11 Å². The molecule has 1 aliphatic carbocycles. The first-order valence-electron chi connectivity index (χ1n) is 5.69. The topological polar surface area (TPSA) is 26.3 Å². The molecular weight excluding hydrogens is 256 g/mol. The summed E-state index contributed by atoms with van der Waals surface area (Å²) in [6.45, 7) is 4.11. The Morgan fingerprint density at radius 3 is 2.73 bits per heavy atom. The number of halogens is 1. The Morgan fingerprint density at radius 2 is 2.20 bits per heavy atom. The second-order valence-electron chi connectivity index (χ2n) is 4.92. The van der Waals surface area contributed by atoms with Gasteiger partial charge in [0.1, 0.15) is 5.78 Å². The zero-order chi connectivity index (χ0) is 11.5. The number of carbonyl (C=O) groups excluding carboxylic acids is 1. The minimum absolute atomic E-state index is 0.197. The lowest BCUT2D eigenvalue weighted by Gasteiger charge is -2.32. The molecule has 0 bridgehead atoms. The molecule has 0 aromatic heterocycles. The molecule has 0 heterocycles. The highest BCUT2D eigenvalue weighted by Gasteiger charge is 2.32. The lowest BCUT2D eigenvalue weighted by atomic mass is 9.82. The van der Waals surface area contributed by atoms with E-state index in [-0.39, 0.29) is 16.3 Å². The van der Waals surface area contributed by atoms with Crippen molar-refractivity contribution in [2.75, 3.05) is 7.11 Å². The molecule has 15 heavy (non-hydrogen) atoms. The zero-order valence-electron chi connectivity index (χ0n) is 9.88. The van der Waals surface area contributed by atoms with Crippen LogP contribution in [0.4, 0.5) is 0 Å². The van der Waals surface area contributed by atoms with Crippen molar-refractivity contribution in [3.63, 3.8) is 0 Å². The molecule has 1 rings (SSSR count). The van der Waals surface area contributed by atoms with Crippen molar-refractivity contribution < 1.29 is 9.53 Å². The highest BCUT2D eigenvalue weighted by molar-refractivity contribution is 9.09. The van der Waals surface area contributed by atoms with E-state index in [1.165, 1.54) is 6.42 Å². The van der Waals surface area contributed by atoms with Crippen molar-refractivity contribution in [3.8, 4) is 0 Å². The molecule has 0 N–H and O–H groups in total. The van der Waals surface area contributed by atoms with Gasteiger partial charge in [0.05, 0.1) is 5.60 Å². The van der Waals surface area contributed by atoms with E-state index < -0.39 is 0 Å². The third kappa shape index (κ3) is 3.56. The van der Waals surface area contributed by atoms with Crippen LogP contribution in [0.25, 0.3) is 0 Å². The van der Waals surface area contributed by atoms with Gasteiger partial charge in [-0.05, 0) is 33.1 Å². The number of carbonyl (C=O) groups is 1. The van der Waals surface area contributed by atoms with Crippen LogP contribution in [0.1, 0.15) is 46.0 Å². The van der Waals surface area contributed by atoms with Crippen molar-refractivity contribution in [3.05, 3.63) is 0 Å². The number of Topliss-reactive ketones (excluding diaryl/α,β-unsaturated/α-hetero) is 1. The molecule has 88 valence electrons. The van der Waals surface area contributed by atoms with Gasteiger partial charge in [-0.25, -0.2) is 0 Å². The first kappa shape index (κ1) is 13.2. The number of ketones is 1. The summed E-state index contributed by atoms with van der Waals surface area (Å²) < 4.78 is 5.42. The van der Waals surface area contributed by atoms with Crippen molar-refractivity contribution in [2.45, 2.75) is 56.4 Å². The monoisotopic (exact) mass is 276 g/mol. The highest BCUT2D eigenvalue weighted by atomic mass is 79.9. The number of ether oxygens (including phenoxy) is 1. The lowest BCUT2D eigenvalue weighted by molar-refractivity contribution is -0.125. The molecule has 2 nitrogen and oxygen atoms in total. The normalized spacial score (nSPS) is 25.3. The first-order chi connectivity index (χ1) is 6.97. The van der Waals surface area contributed by atoms with E-state index in [0.717, 1.165) is 25.7 Å². The predicted molar refractivity (Wildman–Crippen MR) is 65.4 cm³/mol. The second kappa shape index (κ2) is 5.44. The zero-order valence-corrected chi connectivity index (χ0v) is 11.5. The minimum Gasteiger partial charge on any atom is -0.378 e. The van der Waals surface area contributed by atoms with Gasteiger partial charge in [0, 0.05) is 24.3 Å². The molecule has 2 atom stereocenters. The summed E-state index contributed by atoms with van der Waals surface area (Å²) in [5.74, 6) is 0.690. The van der Waals surface area contributed by atoms with Crippen LogP contribution in [-0.2, 0) is 9.53 Å².